The Morgan fingerprint density at radius 3 is 2.69 bits per heavy atom. The monoisotopic (exact) mass is 431 g/mol. The number of ether oxygens (including phenoxy) is 2. The maximum Gasteiger partial charge on any atom is 0.270 e. The lowest BCUT2D eigenvalue weighted by molar-refractivity contribution is -0.125. The maximum absolute atomic E-state index is 13.4. The van der Waals surface area contributed by atoms with E-state index < -0.39 is 0 Å². The molecule has 2 aromatic carbocycles. The van der Waals surface area contributed by atoms with Crippen LogP contribution in [0.25, 0.3) is 5.69 Å². The van der Waals surface area contributed by atoms with Gasteiger partial charge in [0.15, 0.2) is 11.5 Å². The summed E-state index contributed by atoms with van der Waals surface area (Å²) in [5.41, 5.74) is 5.40. The van der Waals surface area contributed by atoms with E-state index in [1.165, 1.54) is 0 Å². The summed E-state index contributed by atoms with van der Waals surface area (Å²) in [6, 6.07) is 17.3. The Bertz CT molecular complexity index is 1190. The Kier molecular flexibility index (Phi) is 5.29. The Morgan fingerprint density at radius 1 is 1.03 bits per heavy atom. The largest absolute Gasteiger partial charge is 0.454 e. The van der Waals surface area contributed by atoms with Gasteiger partial charge in [0.2, 0.25) is 12.7 Å². The molecule has 9 heteroatoms. The highest BCUT2D eigenvalue weighted by atomic mass is 16.7. The van der Waals surface area contributed by atoms with Crippen LogP contribution in [0.3, 0.4) is 0 Å². The van der Waals surface area contributed by atoms with Crippen molar-refractivity contribution in [2.45, 2.75) is 25.9 Å². The number of nitrogens with one attached hydrogen (secondary N) is 1. The smallest absolute Gasteiger partial charge is 0.270 e. The second-order valence-electron chi connectivity index (χ2n) is 7.51. The fraction of sp³-hybridized carbons (Fsp3) is 0.217. The van der Waals surface area contributed by atoms with E-state index in [1.807, 2.05) is 59.3 Å². The van der Waals surface area contributed by atoms with Crippen molar-refractivity contribution in [1.29, 1.82) is 0 Å². The standard InChI is InChI=1S/C23H21N5O4/c29-22-9-7-19(25-26-22)23(30)27(13-16-6-8-20-21(12-16)32-15-31-20)14-18-10-11-24-28(18)17-4-2-1-3-5-17/h1-6,8,10-12H,7,9,13-15H2,(H,26,29). The van der Waals surface area contributed by atoms with Gasteiger partial charge in [0.25, 0.3) is 5.91 Å². The molecule has 0 unspecified atom stereocenters. The second kappa shape index (κ2) is 8.54. The fourth-order valence-electron chi connectivity index (χ4n) is 3.72. The number of para-hydroxylation sites is 1. The van der Waals surface area contributed by atoms with Crippen LogP contribution in [0.1, 0.15) is 24.1 Å². The molecule has 0 bridgehead atoms. The van der Waals surface area contributed by atoms with Crippen LogP contribution in [-0.2, 0) is 22.7 Å². The van der Waals surface area contributed by atoms with Crippen LogP contribution >= 0.6 is 0 Å². The van der Waals surface area contributed by atoms with Gasteiger partial charge >= 0.3 is 0 Å². The summed E-state index contributed by atoms with van der Waals surface area (Å²) in [6.07, 6.45) is 2.26. The molecule has 0 spiro atoms. The molecule has 5 rings (SSSR count). The lowest BCUT2D eigenvalue weighted by Gasteiger charge is -2.25. The Balaban J connectivity index is 1.44. The lowest BCUT2D eigenvalue weighted by atomic mass is 10.1. The number of carbonyl (C=O) groups is 2. The number of hydrogen-bond acceptors (Lipinski definition) is 6. The van der Waals surface area contributed by atoms with Crippen LogP contribution in [0.5, 0.6) is 11.5 Å². The van der Waals surface area contributed by atoms with Gasteiger partial charge in [-0.25, -0.2) is 10.1 Å². The summed E-state index contributed by atoms with van der Waals surface area (Å²) >= 11 is 0. The quantitative estimate of drug-likeness (QED) is 0.646. The highest BCUT2D eigenvalue weighted by Crippen LogP contribution is 2.33. The third kappa shape index (κ3) is 4.04. The van der Waals surface area contributed by atoms with Gasteiger partial charge in [-0.2, -0.15) is 10.2 Å². The molecule has 0 aliphatic carbocycles. The zero-order valence-electron chi connectivity index (χ0n) is 17.2. The van der Waals surface area contributed by atoms with Crippen molar-refractivity contribution >= 4 is 17.5 Å². The Morgan fingerprint density at radius 2 is 1.88 bits per heavy atom. The Labute approximate surface area is 184 Å². The highest BCUT2D eigenvalue weighted by Gasteiger charge is 2.26. The average molecular weight is 431 g/mol. The van der Waals surface area contributed by atoms with Crippen LogP contribution in [0.15, 0.2) is 65.9 Å². The zero-order valence-corrected chi connectivity index (χ0v) is 17.2. The lowest BCUT2D eigenvalue weighted by Crippen LogP contribution is -2.39. The number of benzene rings is 2. The molecular weight excluding hydrogens is 410 g/mol. The van der Waals surface area contributed by atoms with Gasteiger partial charge in [-0.15, -0.1) is 0 Å². The fourth-order valence-corrected chi connectivity index (χ4v) is 3.72. The summed E-state index contributed by atoms with van der Waals surface area (Å²) in [7, 11) is 0. The molecule has 3 aromatic rings. The number of aromatic nitrogens is 2. The number of hydrazone groups is 1. The summed E-state index contributed by atoms with van der Waals surface area (Å²) in [5.74, 6) is 0.925. The predicted octanol–water partition coefficient (Wildman–Crippen LogP) is 2.40. The zero-order chi connectivity index (χ0) is 21.9. The van der Waals surface area contributed by atoms with Crippen molar-refractivity contribution < 1.29 is 19.1 Å². The van der Waals surface area contributed by atoms with E-state index >= 15 is 0 Å². The van der Waals surface area contributed by atoms with Crippen LogP contribution in [0, 0.1) is 0 Å². The molecule has 0 atom stereocenters. The van der Waals surface area contributed by atoms with E-state index in [1.54, 1.807) is 11.1 Å². The molecule has 1 aromatic heterocycles. The predicted molar refractivity (Wildman–Crippen MR) is 115 cm³/mol. The van der Waals surface area contributed by atoms with E-state index in [0.717, 1.165) is 16.9 Å². The summed E-state index contributed by atoms with van der Waals surface area (Å²) in [4.78, 5) is 26.6. The van der Waals surface area contributed by atoms with E-state index in [2.05, 4.69) is 15.6 Å². The molecule has 2 aliphatic rings. The number of carbonyl (C=O) groups excluding carboxylic acids is 2. The van der Waals surface area contributed by atoms with E-state index in [0.29, 0.717) is 36.7 Å². The van der Waals surface area contributed by atoms with E-state index in [-0.39, 0.29) is 25.0 Å². The molecular formula is C23H21N5O4. The van der Waals surface area contributed by atoms with Crippen LogP contribution in [0.2, 0.25) is 0 Å². The minimum Gasteiger partial charge on any atom is -0.454 e. The average Bonchev–Trinajstić information content (AvgIpc) is 3.48. The molecule has 2 aliphatic heterocycles. The molecule has 0 radical (unpaired) electrons. The Hall–Kier alpha value is -4.14. The van der Waals surface area contributed by atoms with E-state index in [4.69, 9.17) is 9.47 Å². The SMILES string of the molecule is O=C1CCC(C(=O)N(Cc2ccc3c(c2)OCO3)Cc2ccnn2-c2ccccc2)=NN1. The van der Waals surface area contributed by atoms with Gasteiger partial charge in [0, 0.05) is 25.6 Å². The molecule has 2 amide bonds. The molecule has 0 fully saturated rings. The summed E-state index contributed by atoms with van der Waals surface area (Å²) in [5, 5.41) is 8.43. The van der Waals surface area contributed by atoms with Gasteiger partial charge in [0.1, 0.15) is 5.71 Å². The van der Waals surface area contributed by atoms with E-state index in [9.17, 15) is 9.59 Å². The molecule has 162 valence electrons. The third-order valence-electron chi connectivity index (χ3n) is 5.32. The minimum absolute atomic E-state index is 0.189. The molecule has 0 saturated carbocycles. The van der Waals surface area contributed by atoms with Crippen molar-refractivity contribution in [3.05, 3.63) is 72.1 Å². The molecule has 1 N–H and O–H groups in total. The van der Waals surface area contributed by atoms with Crippen LogP contribution in [0.4, 0.5) is 0 Å². The first-order chi connectivity index (χ1) is 15.7. The first-order valence-electron chi connectivity index (χ1n) is 10.3. The third-order valence-corrected chi connectivity index (χ3v) is 5.32. The normalized spacial score (nSPS) is 14.6. The molecule has 32 heavy (non-hydrogen) atoms. The van der Waals surface area contributed by atoms with Gasteiger partial charge in [0.05, 0.1) is 17.9 Å². The number of rotatable bonds is 6. The molecule has 9 nitrogen and oxygen atoms in total. The summed E-state index contributed by atoms with van der Waals surface area (Å²) < 4.78 is 12.7. The highest BCUT2D eigenvalue weighted by molar-refractivity contribution is 6.39. The number of fused-ring (bicyclic) bond motifs is 1. The molecule has 3 heterocycles. The minimum atomic E-state index is -0.233. The van der Waals surface area contributed by atoms with Crippen molar-refractivity contribution in [1.82, 2.24) is 20.1 Å². The van der Waals surface area contributed by atoms with Crippen molar-refractivity contribution in [2.75, 3.05) is 6.79 Å². The number of amides is 2. The summed E-state index contributed by atoms with van der Waals surface area (Å²) in [6.45, 7) is 0.839. The van der Waals surface area contributed by atoms with Gasteiger partial charge in [-0.3, -0.25) is 9.59 Å². The van der Waals surface area contributed by atoms with Crippen LogP contribution in [-0.4, -0.2) is 39.0 Å². The van der Waals surface area contributed by atoms with Gasteiger partial charge < -0.3 is 14.4 Å². The van der Waals surface area contributed by atoms with Crippen LogP contribution < -0.4 is 14.9 Å². The maximum atomic E-state index is 13.4. The first kappa shape index (κ1) is 19.8. The molecule has 0 saturated heterocycles. The first-order valence-corrected chi connectivity index (χ1v) is 10.3. The van der Waals surface area contributed by atoms with Gasteiger partial charge in [-0.05, 0) is 35.9 Å². The number of hydrogen-bond donors (Lipinski definition) is 1. The topological polar surface area (TPSA) is 98.0 Å². The second-order valence-corrected chi connectivity index (χ2v) is 7.51. The number of nitrogens with zero attached hydrogens (tertiary/aromatic N) is 4. The van der Waals surface area contributed by atoms with Crippen molar-refractivity contribution in [2.24, 2.45) is 5.10 Å². The van der Waals surface area contributed by atoms with Crippen molar-refractivity contribution in [3.63, 3.8) is 0 Å². The van der Waals surface area contributed by atoms with Gasteiger partial charge in [-0.1, -0.05) is 24.3 Å². The van der Waals surface area contributed by atoms with Crippen molar-refractivity contribution in [3.8, 4) is 17.2 Å².